The highest BCUT2D eigenvalue weighted by Gasteiger charge is 2.39. The molecule has 1 fully saturated rings. The van der Waals surface area contributed by atoms with E-state index >= 15 is 0 Å². The van der Waals surface area contributed by atoms with Crippen molar-refractivity contribution in [2.24, 2.45) is 0 Å². The third kappa shape index (κ3) is 3.07. The fourth-order valence-corrected chi connectivity index (χ4v) is 2.08. The van der Waals surface area contributed by atoms with E-state index in [-0.39, 0.29) is 19.0 Å². The van der Waals surface area contributed by atoms with Gasteiger partial charge in [0.25, 0.3) is 0 Å². The van der Waals surface area contributed by atoms with Gasteiger partial charge in [0.05, 0.1) is 11.8 Å². The summed E-state index contributed by atoms with van der Waals surface area (Å²) in [5.74, 6) is -5.30. The van der Waals surface area contributed by atoms with Crippen molar-refractivity contribution in [3.63, 3.8) is 0 Å². The lowest BCUT2D eigenvalue weighted by Gasteiger charge is -2.21. The molecule has 1 aromatic rings. The van der Waals surface area contributed by atoms with Crippen LogP contribution in [-0.2, 0) is 4.79 Å². The number of amides is 2. The van der Waals surface area contributed by atoms with E-state index in [2.05, 4.69) is 0 Å². The molecule has 2 rings (SSSR count). The van der Waals surface area contributed by atoms with Gasteiger partial charge in [0.2, 0.25) is 0 Å². The number of carboxylic acids is 1. The third-order valence-electron chi connectivity index (χ3n) is 3.08. The molecule has 21 heavy (non-hydrogen) atoms. The van der Waals surface area contributed by atoms with Crippen LogP contribution in [-0.4, -0.2) is 45.8 Å². The molecule has 114 valence electrons. The number of urea groups is 1. The molecule has 2 atom stereocenters. The van der Waals surface area contributed by atoms with Crippen LogP contribution in [0.15, 0.2) is 12.1 Å². The lowest BCUT2D eigenvalue weighted by molar-refractivity contribution is -0.141. The van der Waals surface area contributed by atoms with Gasteiger partial charge >= 0.3 is 12.0 Å². The van der Waals surface area contributed by atoms with Crippen LogP contribution in [0.4, 0.5) is 23.7 Å². The summed E-state index contributed by atoms with van der Waals surface area (Å²) in [6.07, 6.45) is -1.19. The number of hydrogen-bond acceptors (Lipinski definition) is 3. The Labute approximate surface area is 116 Å². The van der Waals surface area contributed by atoms with Gasteiger partial charge in [-0.1, -0.05) is 0 Å². The molecule has 1 aliphatic heterocycles. The Bertz CT molecular complexity index is 596. The Balaban J connectivity index is 2.18. The fraction of sp³-hybridized carbons (Fsp3) is 0.333. The van der Waals surface area contributed by atoms with Crippen LogP contribution < -0.4 is 5.32 Å². The number of aliphatic hydroxyl groups excluding tert-OH is 1. The zero-order valence-electron chi connectivity index (χ0n) is 10.5. The van der Waals surface area contributed by atoms with Gasteiger partial charge in [-0.25, -0.2) is 22.8 Å². The first-order chi connectivity index (χ1) is 9.79. The zero-order valence-corrected chi connectivity index (χ0v) is 10.5. The van der Waals surface area contributed by atoms with E-state index in [0.29, 0.717) is 6.07 Å². The van der Waals surface area contributed by atoms with Crippen molar-refractivity contribution in [1.29, 1.82) is 0 Å². The number of aliphatic hydroxyl groups is 1. The maximum Gasteiger partial charge on any atom is 0.326 e. The minimum atomic E-state index is -1.41. The highest BCUT2D eigenvalue weighted by Crippen LogP contribution is 2.22. The van der Waals surface area contributed by atoms with Crippen LogP contribution in [0.5, 0.6) is 0 Å². The second kappa shape index (κ2) is 5.60. The molecule has 2 amide bonds. The molecule has 1 heterocycles. The van der Waals surface area contributed by atoms with E-state index in [0.717, 1.165) is 4.90 Å². The number of β-amino-alcohol motifs (C(OH)–C–C–N with tert-alkyl or cyclic N) is 1. The lowest BCUT2D eigenvalue weighted by atomic mass is 10.2. The van der Waals surface area contributed by atoms with Crippen LogP contribution >= 0.6 is 0 Å². The molecular weight excluding hydrogens is 293 g/mol. The normalized spacial score (nSPS) is 21.4. The van der Waals surface area contributed by atoms with Crippen LogP contribution in [0, 0.1) is 17.5 Å². The molecule has 3 N–H and O–H groups in total. The predicted molar refractivity (Wildman–Crippen MR) is 64.1 cm³/mol. The third-order valence-corrected chi connectivity index (χ3v) is 3.08. The van der Waals surface area contributed by atoms with Crippen LogP contribution in [0.3, 0.4) is 0 Å². The average Bonchev–Trinajstić information content (AvgIpc) is 2.78. The number of benzene rings is 1. The molecule has 1 saturated heterocycles. The van der Waals surface area contributed by atoms with Crippen molar-refractivity contribution >= 4 is 17.7 Å². The molecule has 0 aliphatic carbocycles. The summed E-state index contributed by atoms with van der Waals surface area (Å²) in [5.41, 5.74) is -0.621. The van der Waals surface area contributed by atoms with Crippen LogP contribution in [0.2, 0.25) is 0 Å². The van der Waals surface area contributed by atoms with E-state index in [1.54, 1.807) is 0 Å². The SMILES string of the molecule is O=C(O)[C@@H]1CC(O)CN1C(=O)Nc1cc(F)c(F)cc1F. The van der Waals surface area contributed by atoms with Crippen LogP contribution in [0.1, 0.15) is 6.42 Å². The van der Waals surface area contributed by atoms with Gasteiger partial charge in [0.15, 0.2) is 11.6 Å². The second-order valence-electron chi connectivity index (χ2n) is 4.57. The molecule has 0 bridgehead atoms. The number of anilines is 1. The molecule has 0 radical (unpaired) electrons. The predicted octanol–water partition coefficient (Wildman–Crippen LogP) is 1.16. The average molecular weight is 304 g/mol. The molecule has 0 aromatic heterocycles. The molecule has 0 spiro atoms. The minimum Gasteiger partial charge on any atom is -0.480 e. The Morgan fingerprint density at radius 2 is 1.81 bits per heavy atom. The van der Waals surface area contributed by atoms with Gasteiger partial charge in [0, 0.05) is 25.1 Å². The van der Waals surface area contributed by atoms with Crippen molar-refractivity contribution in [2.45, 2.75) is 18.6 Å². The topological polar surface area (TPSA) is 89.9 Å². The molecule has 6 nitrogen and oxygen atoms in total. The number of rotatable bonds is 2. The number of aliphatic carboxylic acids is 1. The lowest BCUT2D eigenvalue weighted by Crippen LogP contribution is -2.43. The molecule has 1 unspecified atom stereocenters. The van der Waals surface area contributed by atoms with Gasteiger partial charge in [-0.15, -0.1) is 0 Å². The number of carbonyl (C=O) groups excluding carboxylic acids is 1. The first kappa shape index (κ1) is 15.1. The molecule has 9 heteroatoms. The van der Waals surface area contributed by atoms with Gasteiger partial charge < -0.3 is 20.4 Å². The fourth-order valence-electron chi connectivity index (χ4n) is 2.08. The number of nitrogens with one attached hydrogen (secondary N) is 1. The highest BCUT2D eigenvalue weighted by molar-refractivity contribution is 5.92. The summed E-state index contributed by atoms with van der Waals surface area (Å²) in [6.45, 7) is -0.256. The van der Waals surface area contributed by atoms with E-state index in [1.807, 2.05) is 5.32 Å². The van der Waals surface area contributed by atoms with Crippen molar-refractivity contribution in [3.05, 3.63) is 29.6 Å². The number of hydrogen-bond donors (Lipinski definition) is 3. The standard InChI is InChI=1S/C12H11F3N2O4/c13-6-2-8(15)9(3-7(6)14)16-12(21)17-4-5(18)1-10(17)11(19)20/h2-3,5,10,18H,1,4H2,(H,16,21)(H,19,20)/t5?,10-/m0/s1. The maximum absolute atomic E-state index is 13.4. The van der Waals surface area contributed by atoms with E-state index in [9.17, 15) is 27.9 Å². The second-order valence-corrected chi connectivity index (χ2v) is 4.57. The number of likely N-dealkylation sites (tertiary alicyclic amines) is 1. The maximum atomic E-state index is 13.4. The first-order valence-electron chi connectivity index (χ1n) is 5.92. The van der Waals surface area contributed by atoms with Gasteiger partial charge in [-0.3, -0.25) is 0 Å². The molecular formula is C12H11F3N2O4. The minimum absolute atomic E-state index is 0.164. The molecule has 1 aliphatic rings. The summed E-state index contributed by atoms with van der Waals surface area (Å²) in [6, 6.07) is -1.58. The Morgan fingerprint density at radius 1 is 1.19 bits per heavy atom. The van der Waals surface area contributed by atoms with Crippen molar-refractivity contribution < 1.29 is 33.0 Å². The largest absolute Gasteiger partial charge is 0.480 e. The number of nitrogens with zero attached hydrogens (tertiary/aromatic N) is 1. The highest BCUT2D eigenvalue weighted by atomic mass is 19.2. The summed E-state index contributed by atoms with van der Waals surface area (Å²) in [4.78, 5) is 23.6. The van der Waals surface area contributed by atoms with E-state index in [1.165, 1.54) is 0 Å². The summed E-state index contributed by atoms with van der Waals surface area (Å²) in [7, 11) is 0. The van der Waals surface area contributed by atoms with Crippen LogP contribution in [0.25, 0.3) is 0 Å². The monoisotopic (exact) mass is 304 g/mol. The molecule has 0 saturated carbocycles. The number of carbonyl (C=O) groups is 2. The summed E-state index contributed by atoms with van der Waals surface area (Å²) >= 11 is 0. The quantitative estimate of drug-likeness (QED) is 0.715. The first-order valence-corrected chi connectivity index (χ1v) is 5.92. The van der Waals surface area contributed by atoms with Gasteiger partial charge in [0.1, 0.15) is 11.9 Å². The summed E-state index contributed by atoms with van der Waals surface area (Å²) < 4.78 is 39.2. The Kier molecular flexibility index (Phi) is 4.03. The Hall–Kier alpha value is -2.29. The van der Waals surface area contributed by atoms with E-state index < -0.39 is 47.3 Å². The van der Waals surface area contributed by atoms with Crippen molar-refractivity contribution in [1.82, 2.24) is 4.90 Å². The Morgan fingerprint density at radius 3 is 2.43 bits per heavy atom. The zero-order chi connectivity index (χ0) is 15.7. The smallest absolute Gasteiger partial charge is 0.326 e. The number of carboxylic acid groups (broad SMARTS) is 1. The molecule has 1 aromatic carbocycles. The van der Waals surface area contributed by atoms with Crippen molar-refractivity contribution in [2.75, 3.05) is 11.9 Å². The van der Waals surface area contributed by atoms with Crippen molar-refractivity contribution in [3.8, 4) is 0 Å². The van der Waals surface area contributed by atoms with E-state index in [4.69, 9.17) is 5.11 Å². The van der Waals surface area contributed by atoms with Gasteiger partial charge in [-0.2, -0.15) is 0 Å². The summed E-state index contributed by atoms with van der Waals surface area (Å²) in [5, 5.41) is 20.3. The van der Waals surface area contributed by atoms with Gasteiger partial charge in [-0.05, 0) is 0 Å². The number of halogens is 3.